The molecule has 12 heteroatoms. The molecule has 4 aromatic rings. The molecule has 2 saturated heterocycles. The van der Waals surface area contributed by atoms with E-state index in [2.05, 4.69) is 4.98 Å². The SMILES string of the molecule is N#CCn1c(N2CC3(CCOC3)C2)c(-c2ccc(F)c(Cl)c2)c(=O)n(-c2cnc3cc(F)ccn23)c1=O. The number of aromatic nitrogens is 4. The molecule has 0 unspecified atom stereocenters. The second-order valence-electron chi connectivity index (χ2n) is 9.34. The maximum Gasteiger partial charge on any atom is 0.339 e. The minimum atomic E-state index is -0.756. The molecule has 6 rings (SSSR count). The molecule has 0 N–H and O–H groups in total. The molecule has 0 radical (unpaired) electrons. The van der Waals surface area contributed by atoms with E-state index in [1.54, 1.807) is 0 Å². The highest BCUT2D eigenvalue weighted by molar-refractivity contribution is 6.31. The van der Waals surface area contributed by atoms with Crippen molar-refractivity contribution >= 4 is 23.1 Å². The fraction of sp³-hybridized carbons (Fsp3) is 0.280. The molecule has 0 aliphatic carbocycles. The van der Waals surface area contributed by atoms with Gasteiger partial charge in [0.05, 0.1) is 29.5 Å². The first kappa shape index (κ1) is 23.4. The van der Waals surface area contributed by atoms with Gasteiger partial charge in [0.2, 0.25) is 0 Å². The van der Waals surface area contributed by atoms with Crippen molar-refractivity contribution in [2.45, 2.75) is 13.0 Å². The average molecular weight is 525 g/mol. The summed E-state index contributed by atoms with van der Waals surface area (Å²) in [7, 11) is 0. The van der Waals surface area contributed by atoms with Gasteiger partial charge in [-0.05, 0) is 30.2 Å². The topological polar surface area (TPSA) is 97.6 Å². The highest BCUT2D eigenvalue weighted by Gasteiger charge is 2.47. The van der Waals surface area contributed by atoms with Crippen molar-refractivity contribution in [2.75, 3.05) is 31.2 Å². The van der Waals surface area contributed by atoms with Crippen molar-refractivity contribution in [3.05, 3.63) is 80.2 Å². The Kier molecular flexibility index (Phi) is 5.40. The van der Waals surface area contributed by atoms with Crippen LogP contribution in [0.1, 0.15) is 6.42 Å². The highest BCUT2D eigenvalue weighted by Crippen LogP contribution is 2.43. The molecule has 0 amide bonds. The second kappa shape index (κ2) is 8.54. The van der Waals surface area contributed by atoms with Crippen LogP contribution >= 0.6 is 11.6 Å². The molecular weight excluding hydrogens is 506 g/mol. The van der Waals surface area contributed by atoms with E-state index in [1.807, 2.05) is 11.0 Å². The number of imidazole rings is 1. The quantitative estimate of drug-likeness (QED) is 0.407. The zero-order valence-electron chi connectivity index (χ0n) is 19.3. The fourth-order valence-electron chi connectivity index (χ4n) is 5.21. The number of benzene rings is 1. The van der Waals surface area contributed by atoms with Crippen molar-refractivity contribution in [3.63, 3.8) is 0 Å². The summed E-state index contributed by atoms with van der Waals surface area (Å²) in [6, 6.07) is 8.22. The molecule has 2 aliphatic heterocycles. The van der Waals surface area contributed by atoms with Gasteiger partial charge in [0, 0.05) is 37.4 Å². The van der Waals surface area contributed by atoms with E-state index in [-0.39, 0.29) is 45.4 Å². The van der Waals surface area contributed by atoms with Crippen LogP contribution in [0.3, 0.4) is 0 Å². The van der Waals surface area contributed by atoms with Crippen LogP contribution in [0, 0.1) is 28.4 Å². The average Bonchev–Trinajstić information content (AvgIpc) is 3.50. The van der Waals surface area contributed by atoms with Crippen molar-refractivity contribution in [3.8, 4) is 23.0 Å². The molecule has 0 bridgehead atoms. The van der Waals surface area contributed by atoms with Gasteiger partial charge in [-0.1, -0.05) is 17.7 Å². The van der Waals surface area contributed by atoms with Crippen LogP contribution in [-0.4, -0.2) is 44.8 Å². The van der Waals surface area contributed by atoms with Gasteiger partial charge in [-0.25, -0.2) is 23.1 Å². The Morgan fingerprint density at radius 1 is 1.19 bits per heavy atom. The van der Waals surface area contributed by atoms with Crippen LogP contribution in [-0.2, 0) is 11.3 Å². The minimum absolute atomic E-state index is 0.0713. The van der Waals surface area contributed by atoms with Gasteiger partial charge in [0.1, 0.15) is 35.5 Å². The molecule has 0 atom stereocenters. The first-order chi connectivity index (χ1) is 17.8. The van der Waals surface area contributed by atoms with Crippen LogP contribution in [0.4, 0.5) is 14.6 Å². The van der Waals surface area contributed by atoms with Gasteiger partial charge < -0.3 is 9.64 Å². The number of anilines is 1. The second-order valence-corrected chi connectivity index (χ2v) is 9.75. The normalized spacial score (nSPS) is 16.3. The third kappa shape index (κ3) is 3.63. The monoisotopic (exact) mass is 524 g/mol. The molecule has 2 aliphatic rings. The molecule has 5 heterocycles. The Morgan fingerprint density at radius 2 is 2.00 bits per heavy atom. The lowest BCUT2D eigenvalue weighted by molar-refractivity contribution is 0.130. The maximum atomic E-state index is 14.1. The molecule has 0 saturated carbocycles. The Hall–Kier alpha value is -4.01. The van der Waals surface area contributed by atoms with Crippen molar-refractivity contribution in [1.82, 2.24) is 18.5 Å². The summed E-state index contributed by atoms with van der Waals surface area (Å²) in [5.41, 5.74) is -0.987. The zero-order chi connectivity index (χ0) is 25.9. The predicted molar refractivity (Wildman–Crippen MR) is 131 cm³/mol. The largest absolute Gasteiger partial charge is 0.381 e. The highest BCUT2D eigenvalue weighted by atomic mass is 35.5. The molecule has 37 heavy (non-hydrogen) atoms. The van der Waals surface area contributed by atoms with E-state index >= 15 is 0 Å². The maximum absolute atomic E-state index is 14.1. The van der Waals surface area contributed by atoms with Gasteiger partial charge >= 0.3 is 5.69 Å². The molecule has 3 aromatic heterocycles. The fourth-order valence-corrected chi connectivity index (χ4v) is 5.39. The summed E-state index contributed by atoms with van der Waals surface area (Å²) in [6.07, 6.45) is 3.48. The third-order valence-electron chi connectivity index (χ3n) is 6.98. The third-order valence-corrected chi connectivity index (χ3v) is 7.27. The Morgan fingerprint density at radius 3 is 2.70 bits per heavy atom. The van der Waals surface area contributed by atoms with Crippen molar-refractivity contribution in [2.24, 2.45) is 5.41 Å². The number of hydrogen-bond acceptors (Lipinski definition) is 6. The molecule has 1 spiro atoms. The summed E-state index contributed by atoms with van der Waals surface area (Å²) >= 11 is 6.07. The predicted octanol–water partition coefficient (Wildman–Crippen LogP) is 3.00. The van der Waals surface area contributed by atoms with Crippen LogP contribution in [0.5, 0.6) is 0 Å². The lowest BCUT2D eigenvalue weighted by atomic mass is 9.79. The van der Waals surface area contributed by atoms with E-state index in [1.165, 1.54) is 45.6 Å². The zero-order valence-corrected chi connectivity index (χ0v) is 20.1. The van der Waals surface area contributed by atoms with Crippen LogP contribution < -0.4 is 16.1 Å². The number of ether oxygens (including phenoxy) is 1. The Labute approximate surface area is 213 Å². The van der Waals surface area contributed by atoms with Gasteiger partial charge in [-0.3, -0.25) is 13.8 Å². The number of nitriles is 1. The van der Waals surface area contributed by atoms with E-state index < -0.39 is 22.9 Å². The summed E-state index contributed by atoms with van der Waals surface area (Å²) < 4.78 is 36.9. The molecule has 188 valence electrons. The van der Waals surface area contributed by atoms with E-state index in [0.29, 0.717) is 26.3 Å². The Balaban J connectivity index is 1.65. The molecular formula is C25H19ClF2N6O3. The van der Waals surface area contributed by atoms with Crippen molar-refractivity contribution < 1.29 is 13.5 Å². The number of fused-ring (bicyclic) bond motifs is 1. The van der Waals surface area contributed by atoms with Gasteiger partial charge in [-0.2, -0.15) is 5.26 Å². The number of pyridine rings is 1. The smallest absolute Gasteiger partial charge is 0.339 e. The van der Waals surface area contributed by atoms with E-state index in [9.17, 15) is 23.6 Å². The molecule has 2 fully saturated rings. The van der Waals surface area contributed by atoms with Crippen LogP contribution in [0.25, 0.3) is 22.6 Å². The molecule has 9 nitrogen and oxygen atoms in total. The number of nitrogens with zero attached hydrogens (tertiary/aromatic N) is 6. The van der Waals surface area contributed by atoms with Crippen LogP contribution in [0.2, 0.25) is 5.02 Å². The summed E-state index contributed by atoms with van der Waals surface area (Å²) in [4.78, 5) is 33.9. The summed E-state index contributed by atoms with van der Waals surface area (Å²) in [6.45, 7) is 1.91. The molecule has 1 aromatic carbocycles. The van der Waals surface area contributed by atoms with E-state index in [0.717, 1.165) is 17.1 Å². The summed E-state index contributed by atoms with van der Waals surface area (Å²) in [5.74, 6) is -0.860. The van der Waals surface area contributed by atoms with Crippen molar-refractivity contribution in [1.29, 1.82) is 5.26 Å². The van der Waals surface area contributed by atoms with Gasteiger partial charge in [0.15, 0.2) is 0 Å². The number of rotatable bonds is 4. The van der Waals surface area contributed by atoms with Gasteiger partial charge in [-0.15, -0.1) is 0 Å². The standard InChI is InChI=1S/C25H19ClF2N6O3/c26-17-9-15(1-2-18(17)28)21-22(31-12-25(13-31)4-8-37-14-25)33(7-5-29)24(36)34(23(21)35)20-11-30-19-10-16(27)3-6-32(19)20/h1-3,6,9-11H,4,7-8,12-14H2. The first-order valence-corrected chi connectivity index (χ1v) is 11.9. The Bertz CT molecular complexity index is 1720. The lowest BCUT2D eigenvalue weighted by Crippen LogP contribution is -2.59. The minimum Gasteiger partial charge on any atom is -0.381 e. The lowest BCUT2D eigenvalue weighted by Gasteiger charge is -2.49. The van der Waals surface area contributed by atoms with E-state index in [4.69, 9.17) is 16.3 Å². The number of hydrogen-bond donors (Lipinski definition) is 0. The van der Waals surface area contributed by atoms with Gasteiger partial charge in [0.25, 0.3) is 5.56 Å². The number of halogens is 3. The summed E-state index contributed by atoms with van der Waals surface area (Å²) in [5, 5.41) is 9.42. The first-order valence-electron chi connectivity index (χ1n) is 11.5. The van der Waals surface area contributed by atoms with Crippen LogP contribution in [0.15, 0.2) is 52.3 Å².